The molecule has 2 aromatic rings. The van der Waals surface area contributed by atoms with Gasteiger partial charge < -0.3 is 14.5 Å². The van der Waals surface area contributed by atoms with E-state index in [1.807, 2.05) is 19.9 Å². The number of likely N-dealkylation sites (tertiary alicyclic amines) is 1. The lowest BCUT2D eigenvalue weighted by Gasteiger charge is -2.39. The van der Waals surface area contributed by atoms with E-state index in [0.29, 0.717) is 30.4 Å². The number of piperidine rings is 1. The van der Waals surface area contributed by atoms with Crippen molar-refractivity contribution in [3.63, 3.8) is 0 Å². The van der Waals surface area contributed by atoms with Crippen LogP contribution in [-0.2, 0) is 11.3 Å². The van der Waals surface area contributed by atoms with Crippen LogP contribution in [0.3, 0.4) is 0 Å². The second-order valence-corrected chi connectivity index (χ2v) is 8.19. The highest BCUT2D eigenvalue weighted by Gasteiger charge is 2.49. The number of ether oxygens (including phenoxy) is 1. The molecule has 2 aliphatic rings. The fourth-order valence-electron chi connectivity index (χ4n) is 4.58. The SMILES string of the molecule is COc1ccc(F)c(CN2CCC[C@]3(CCN(c4nc(C)cc(C)n4)C3)C2=O)c1. The van der Waals surface area contributed by atoms with Gasteiger partial charge >= 0.3 is 0 Å². The molecule has 0 unspecified atom stereocenters. The number of hydrogen-bond acceptors (Lipinski definition) is 5. The van der Waals surface area contributed by atoms with Crippen LogP contribution >= 0.6 is 0 Å². The highest BCUT2D eigenvalue weighted by atomic mass is 19.1. The summed E-state index contributed by atoms with van der Waals surface area (Å²) >= 11 is 0. The zero-order valence-corrected chi connectivity index (χ0v) is 17.2. The largest absolute Gasteiger partial charge is 0.497 e. The normalized spacial score (nSPS) is 21.9. The van der Waals surface area contributed by atoms with Crippen LogP contribution in [0.5, 0.6) is 5.75 Å². The lowest BCUT2D eigenvalue weighted by atomic mass is 9.78. The van der Waals surface area contributed by atoms with Crippen molar-refractivity contribution in [1.29, 1.82) is 0 Å². The molecular weight excluding hydrogens is 371 g/mol. The fraction of sp³-hybridized carbons (Fsp3) is 0.500. The first-order chi connectivity index (χ1) is 13.9. The predicted molar refractivity (Wildman–Crippen MR) is 108 cm³/mol. The van der Waals surface area contributed by atoms with Crippen LogP contribution in [0.15, 0.2) is 24.3 Å². The van der Waals surface area contributed by atoms with Crippen LogP contribution in [-0.4, -0.2) is 47.5 Å². The summed E-state index contributed by atoms with van der Waals surface area (Å²) < 4.78 is 19.5. The molecule has 1 spiro atoms. The van der Waals surface area contributed by atoms with E-state index in [1.54, 1.807) is 24.1 Å². The van der Waals surface area contributed by atoms with Crippen molar-refractivity contribution in [2.45, 2.75) is 39.7 Å². The van der Waals surface area contributed by atoms with Crippen molar-refractivity contribution in [1.82, 2.24) is 14.9 Å². The van der Waals surface area contributed by atoms with Crippen LogP contribution in [0.4, 0.5) is 10.3 Å². The van der Waals surface area contributed by atoms with Crippen molar-refractivity contribution in [2.24, 2.45) is 5.41 Å². The zero-order chi connectivity index (χ0) is 20.6. The Morgan fingerprint density at radius 2 is 1.90 bits per heavy atom. The molecule has 154 valence electrons. The van der Waals surface area contributed by atoms with Crippen LogP contribution in [0, 0.1) is 25.1 Å². The Hall–Kier alpha value is -2.70. The van der Waals surface area contributed by atoms with Gasteiger partial charge in [-0.15, -0.1) is 0 Å². The number of aromatic nitrogens is 2. The molecule has 0 radical (unpaired) electrons. The monoisotopic (exact) mass is 398 g/mol. The first-order valence-electron chi connectivity index (χ1n) is 10.1. The van der Waals surface area contributed by atoms with Gasteiger partial charge in [0.05, 0.1) is 12.5 Å². The molecule has 0 aliphatic carbocycles. The second-order valence-electron chi connectivity index (χ2n) is 8.19. The van der Waals surface area contributed by atoms with Crippen molar-refractivity contribution >= 4 is 11.9 Å². The molecule has 0 N–H and O–H groups in total. The summed E-state index contributed by atoms with van der Waals surface area (Å²) in [6.45, 7) is 6.21. The molecule has 1 amide bonds. The smallest absolute Gasteiger partial charge is 0.230 e. The number of nitrogens with zero attached hydrogens (tertiary/aromatic N) is 4. The maximum atomic E-state index is 14.3. The number of carbonyl (C=O) groups excluding carboxylic acids is 1. The van der Waals surface area contributed by atoms with Crippen molar-refractivity contribution in [3.05, 3.63) is 47.0 Å². The van der Waals surface area contributed by atoms with Crippen molar-refractivity contribution < 1.29 is 13.9 Å². The molecule has 1 atom stereocenters. The Morgan fingerprint density at radius 1 is 1.14 bits per heavy atom. The highest BCUT2D eigenvalue weighted by molar-refractivity contribution is 5.85. The Balaban J connectivity index is 1.53. The Labute approximate surface area is 170 Å². The van der Waals surface area contributed by atoms with E-state index in [0.717, 1.165) is 37.2 Å². The van der Waals surface area contributed by atoms with Crippen LogP contribution in [0.25, 0.3) is 0 Å². The number of halogens is 1. The first kappa shape index (κ1) is 19.6. The maximum Gasteiger partial charge on any atom is 0.230 e. The zero-order valence-electron chi connectivity index (χ0n) is 17.2. The van der Waals surface area contributed by atoms with Gasteiger partial charge in [-0.2, -0.15) is 0 Å². The van der Waals surface area contributed by atoms with Crippen LogP contribution in [0.1, 0.15) is 36.2 Å². The minimum Gasteiger partial charge on any atom is -0.497 e. The Kier molecular flexibility index (Phi) is 5.15. The number of benzene rings is 1. The van der Waals surface area contributed by atoms with E-state index in [1.165, 1.54) is 6.07 Å². The summed E-state index contributed by atoms with van der Waals surface area (Å²) in [5.41, 5.74) is 1.91. The van der Waals surface area contributed by atoms with Crippen molar-refractivity contribution in [3.8, 4) is 5.75 Å². The van der Waals surface area contributed by atoms with Gasteiger partial charge in [-0.1, -0.05) is 0 Å². The molecule has 0 bridgehead atoms. The highest BCUT2D eigenvalue weighted by Crippen LogP contribution is 2.41. The van der Waals surface area contributed by atoms with Crippen LogP contribution in [0.2, 0.25) is 0 Å². The molecule has 7 heteroatoms. The standard InChI is InChI=1S/C22H27FN4O2/c1-15-11-16(2)25-21(24-15)27-10-8-22(14-27)7-4-9-26(20(22)28)13-17-12-18(29-3)5-6-19(17)23/h5-6,11-12H,4,7-10,13-14H2,1-3H3/t22-/m1/s1. The third-order valence-electron chi connectivity index (χ3n) is 6.05. The van der Waals surface area contributed by atoms with Gasteiger partial charge in [0.15, 0.2) is 0 Å². The number of amides is 1. The molecule has 2 saturated heterocycles. The van der Waals surface area contributed by atoms with E-state index >= 15 is 0 Å². The fourth-order valence-corrected chi connectivity index (χ4v) is 4.58. The Bertz CT molecular complexity index is 915. The Morgan fingerprint density at radius 3 is 2.62 bits per heavy atom. The summed E-state index contributed by atoms with van der Waals surface area (Å²) in [6, 6.07) is 6.61. The van der Waals surface area contributed by atoms with Gasteiger partial charge in [0, 0.05) is 43.1 Å². The molecule has 0 saturated carbocycles. The summed E-state index contributed by atoms with van der Waals surface area (Å²) in [6.07, 6.45) is 2.54. The van der Waals surface area contributed by atoms with Gasteiger partial charge in [-0.05, 0) is 57.4 Å². The second kappa shape index (κ2) is 7.61. The lowest BCUT2D eigenvalue weighted by Crippen LogP contribution is -2.49. The molecule has 29 heavy (non-hydrogen) atoms. The minimum absolute atomic E-state index is 0.109. The summed E-state index contributed by atoms with van der Waals surface area (Å²) in [4.78, 5) is 26.5. The molecule has 1 aromatic carbocycles. The molecule has 3 heterocycles. The minimum atomic E-state index is -0.436. The molecule has 2 aliphatic heterocycles. The third-order valence-corrected chi connectivity index (χ3v) is 6.05. The maximum absolute atomic E-state index is 14.3. The lowest BCUT2D eigenvalue weighted by molar-refractivity contribution is -0.145. The molecule has 4 rings (SSSR count). The molecular formula is C22H27FN4O2. The average molecular weight is 398 g/mol. The predicted octanol–water partition coefficient (Wildman–Crippen LogP) is 3.26. The average Bonchev–Trinajstić information content (AvgIpc) is 3.11. The van der Waals surface area contributed by atoms with E-state index in [2.05, 4.69) is 14.9 Å². The first-order valence-corrected chi connectivity index (χ1v) is 10.1. The number of rotatable bonds is 4. The van der Waals surface area contributed by atoms with Gasteiger partial charge in [0.2, 0.25) is 11.9 Å². The number of methoxy groups -OCH3 is 1. The van der Waals surface area contributed by atoms with Gasteiger partial charge in [-0.25, -0.2) is 14.4 Å². The number of carbonyl (C=O) groups is 1. The molecule has 1 aromatic heterocycles. The summed E-state index contributed by atoms with van der Waals surface area (Å²) in [5, 5.41) is 0. The molecule has 6 nitrogen and oxygen atoms in total. The topological polar surface area (TPSA) is 58.6 Å². The van der Waals surface area contributed by atoms with E-state index in [9.17, 15) is 9.18 Å². The van der Waals surface area contributed by atoms with Crippen LogP contribution < -0.4 is 9.64 Å². The molecule has 2 fully saturated rings. The quantitative estimate of drug-likeness (QED) is 0.791. The van der Waals surface area contributed by atoms with E-state index < -0.39 is 5.41 Å². The summed E-state index contributed by atoms with van der Waals surface area (Å²) in [7, 11) is 1.56. The van der Waals surface area contributed by atoms with Crippen molar-refractivity contribution in [2.75, 3.05) is 31.6 Å². The van der Waals surface area contributed by atoms with Gasteiger partial charge in [-0.3, -0.25) is 4.79 Å². The number of aryl methyl sites for hydroxylation is 2. The third kappa shape index (κ3) is 3.78. The number of anilines is 1. The summed E-state index contributed by atoms with van der Waals surface area (Å²) in [5.74, 6) is 1.09. The van der Waals surface area contributed by atoms with Gasteiger partial charge in [0.25, 0.3) is 0 Å². The van der Waals surface area contributed by atoms with Gasteiger partial charge in [0.1, 0.15) is 11.6 Å². The van der Waals surface area contributed by atoms with E-state index in [4.69, 9.17) is 4.74 Å². The number of hydrogen-bond donors (Lipinski definition) is 0. The van der Waals surface area contributed by atoms with E-state index in [-0.39, 0.29) is 18.3 Å².